The van der Waals surface area contributed by atoms with Gasteiger partial charge in [0.1, 0.15) is 5.82 Å². The number of benzene rings is 1. The molecule has 0 aliphatic carbocycles. The van der Waals surface area contributed by atoms with Crippen LogP contribution in [-0.4, -0.2) is 73.6 Å². The Hall–Kier alpha value is -2.68. The standard InChI is InChI=1S/C16H19FN4O4/c17-13-9-11(19-10-14(22)21-4-3-18-16(21)24)1-2-12(13)15(23)20-5-7-25-8-6-20/h1-2,9,19H,3-8,10H2,(H,18,24). The number of halogens is 1. The molecule has 0 unspecified atom stereocenters. The zero-order valence-electron chi connectivity index (χ0n) is 13.6. The fourth-order valence-electron chi connectivity index (χ4n) is 2.72. The van der Waals surface area contributed by atoms with E-state index in [0.29, 0.717) is 45.1 Å². The summed E-state index contributed by atoms with van der Waals surface area (Å²) in [6.45, 7) is 2.37. The Labute approximate surface area is 143 Å². The largest absolute Gasteiger partial charge is 0.378 e. The van der Waals surface area contributed by atoms with Crippen molar-refractivity contribution in [2.45, 2.75) is 0 Å². The van der Waals surface area contributed by atoms with Crippen molar-refractivity contribution in [3.63, 3.8) is 0 Å². The molecule has 8 nitrogen and oxygen atoms in total. The van der Waals surface area contributed by atoms with Gasteiger partial charge in [0.15, 0.2) is 0 Å². The van der Waals surface area contributed by atoms with Crippen molar-refractivity contribution in [2.75, 3.05) is 51.3 Å². The number of ether oxygens (including phenoxy) is 1. The Kier molecular flexibility index (Phi) is 5.13. The minimum Gasteiger partial charge on any atom is -0.378 e. The number of nitrogens with one attached hydrogen (secondary N) is 2. The first-order valence-corrected chi connectivity index (χ1v) is 8.05. The van der Waals surface area contributed by atoms with Crippen LogP contribution in [-0.2, 0) is 9.53 Å². The van der Waals surface area contributed by atoms with Gasteiger partial charge in [0.2, 0.25) is 5.91 Å². The molecule has 0 bridgehead atoms. The van der Waals surface area contributed by atoms with Crippen molar-refractivity contribution in [1.82, 2.24) is 15.1 Å². The number of amides is 4. The molecule has 0 radical (unpaired) electrons. The molecule has 4 amide bonds. The Morgan fingerprint density at radius 3 is 2.64 bits per heavy atom. The highest BCUT2D eigenvalue weighted by Crippen LogP contribution is 2.17. The number of imide groups is 1. The van der Waals surface area contributed by atoms with Crippen LogP contribution in [0.3, 0.4) is 0 Å². The number of nitrogens with zero attached hydrogens (tertiary/aromatic N) is 2. The normalized spacial score (nSPS) is 17.4. The fourth-order valence-corrected chi connectivity index (χ4v) is 2.72. The summed E-state index contributed by atoms with van der Waals surface area (Å²) in [5.74, 6) is -1.44. The van der Waals surface area contributed by atoms with E-state index >= 15 is 0 Å². The summed E-state index contributed by atoms with van der Waals surface area (Å²) in [6.07, 6.45) is 0. The summed E-state index contributed by atoms with van der Waals surface area (Å²) in [5, 5.41) is 5.31. The van der Waals surface area contributed by atoms with E-state index in [4.69, 9.17) is 4.74 Å². The summed E-state index contributed by atoms with van der Waals surface area (Å²) in [7, 11) is 0. The lowest BCUT2D eigenvalue weighted by Gasteiger charge is -2.27. The quantitative estimate of drug-likeness (QED) is 0.813. The highest BCUT2D eigenvalue weighted by atomic mass is 19.1. The number of urea groups is 1. The molecule has 2 N–H and O–H groups in total. The number of hydrogen-bond acceptors (Lipinski definition) is 5. The maximum atomic E-state index is 14.3. The third-order valence-electron chi connectivity index (χ3n) is 4.10. The second-order valence-corrected chi connectivity index (χ2v) is 5.73. The van der Waals surface area contributed by atoms with Crippen LogP contribution in [0.2, 0.25) is 0 Å². The van der Waals surface area contributed by atoms with E-state index in [0.717, 1.165) is 4.90 Å². The third-order valence-corrected chi connectivity index (χ3v) is 4.10. The van der Waals surface area contributed by atoms with Gasteiger partial charge in [-0.3, -0.25) is 14.5 Å². The molecule has 2 saturated heterocycles. The second kappa shape index (κ2) is 7.47. The van der Waals surface area contributed by atoms with E-state index < -0.39 is 17.8 Å². The molecule has 2 fully saturated rings. The van der Waals surface area contributed by atoms with Gasteiger partial charge in [-0.05, 0) is 18.2 Å². The van der Waals surface area contributed by atoms with Crippen LogP contribution in [0.5, 0.6) is 0 Å². The van der Waals surface area contributed by atoms with Crippen LogP contribution in [0.25, 0.3) is 0 Å². The average Bonchev–Trinajstić information content (AvgIpc) is 3.06. The van der Waals surface area contributed by atoms with Crippen molar-refractivity contribution >= 4 is 23.5 Å². The maximum Gasteiger partial charge on any atom is 0.324 e. The summed E-state index contributed by atoms with van der Waals surface area (Å²) in [6, 6.07) is 3.67. The molecule has 25 heavy (non-hydrogen) atoms. The number of carbonyl (C=O) groups is 3. The molecule has 3 rings (SSSR count). The molecular weight excluding hydrogens is 331 g/mol. The van der Waals surface area contributed by atoms with Gasteiger partial charge >= 0.3 is 6.03 Å². The highest BCUT2D eigenvalue weighted by Gasteiger charge is 2.26. The average molecular weight is 350 g/mol. The van der Waals surface area contributed by atoms with E-state index in [1.807, 2.05) is 0 Å². The zero-order valence-corrected chi connectivity index (χ0v) is 13.6. The van der Waals surface area contributed by atoms with Crippen LogP contribution in [0.1, 0.15) is 10.4 Å². The van der Waals surface area contributed by atoms with Gasteiger partial charge in [-0.2, -0.15) is 0 Å². The van der Waals surface area contributed by atoms with Crippen molar-refractivity contribution < 1.29 is 23.5 Å². The van der Waals surface area contributed by atoms with Crippen molar-refractivity contribution in [1.29, 1.82) is 0 Å². The molecule has 1 aromatic rings. The first kappa shape index (κ1) is 17.2. The number of anilines is 1. The minimum absolute atomic E-state index is 0.0160. The van der Waals surface area contributed by atoms with Crippen LogP contribution >= 0.6 is 0 Å². The highest BCUT2D eigenvalue weighted by molar-refractivity contribution is 5.98. The second-order valence-electron chi connectivity index (χ2n) is 5.73. The number of carbonyl (C=O) groups excluding carboxylic acids is 3. The molecule has 2 aliphatic heterocycles. The lowest BCUT2D eigenvalue weighted by atomic mass is 10.1. The SMILES string of the molecule is O=C(c1ccc(NCC(=O)N2CCNC2=O)cc1F)N1CCOCC1. The van der Waals surface area contributed by atoms with Crippen molar-refractivity contribution in [3.05, 3.63) is 29.6 Å². The third kappa shape index (κ3) is 3.87. The van der Waals surface area contributed by atoms with Gasteiger partial charge in [-0.15, -0.1) is 0 Å². The summed E-state index contributed by atoms with van der Waals surface area (Å²) in [5.41, 5.74) is 0.349. The molecule has 9 heteroatoms. The Morgan fingerprint density at radius 2 is 2.00 bits per heavy atom. The molecular formula is C16H19FN4O4. The van der Waals surface area contributed by atoms with E-state index in [1.54, 1.807) is 4.90 Å². The summed E-state index contributed by atoms with van der Waals surface area (Å²) >= 11 is 0. The Morgan fingerprint density at radius 1 is 1.24 bits per heavy atom. The molecule has 0 spiro atoms. The molecule has 0 atom stereocenters. The van der Waals surface area contributed by atoms with E-state index in [2.05, 4.69) is 10.6 Å². The lowest BCUT2D eigenvalue weighted by Crippen LogP contribution is -2.41. The van der Waals surface area contributed by atoms with Crippen LogP contribution in [0, 0.1) is 5.82 Å². The van der Waals surface area contributed by atoms with Crippen LogP contribution < -0.4 is 10.6 Å². The Balaban J connectivity index is 1.60. The molecule has 1 aromatic carbocycles. The van der Waals surface area contributed by atoms with Gasteiger partial charge in [0.05, 0.1) is 25.3 Å². The summed E-state index contributed by atoms with van der Waals surface area (Å²) in [4.78, 5) is 38.3. The van der Waals surface area contributed by atoms with Gasteiger partial charge in [0.25, 0.3) is 5.91 Å². The van der Waals surface area contributed by atoms with Gasteiger partial charge in [0, 0.05) is 31.9 Å². The Bertz CT molecular complexity index is 691. The fraction of sp³-hybridized carbons (Fsp3) is 0.438. The first-order valence-electron chi connectivity index (χ1n) is 8.05. The number of hydrogen-bond donors (Lipinski definition) is 2. The lowest BCUT2D eigenvalue weighted by molar-refractivity contribution is -0.125. The van der Waals surface area contributed by atoms with Crippen molar-refractivity contribution in [3.8, 4) is 0 Å². The minimum atomic E-state index is -0.659. The first-order chi connectivity index (χ1) is 12.1. The molecule has 0 saturated carbocycles. The zero-order chi connectivity index (χ0) is 17.8. The molecule has 2 heterocycles. The van der Waals surface area contributed by atoms with Gasteiger partial charge < -0.3 is 20.3 Å². The number of morpholine rings is 1. The van der Waals surface area contributed by atoms with Crippen molar-refractivity contribution in [2.24, 2.45) is 0 Å². The van der Waals surface area contributed by atoms with E-state index in [1.165, 1.54) is 18.2 Å². The molecule has 134 valence electrons. The van der Waals surface area contributed by atoms with Gasteiger partial charge in [-0.25, -0.2) is 9.18 Å². The number of rotatable bonds is 4. The maximum absolute atomic E-state index is 14.3. The molecule has 2 aliphatic rings. The van der Waals surface area contributed by atoms with E-state index in [-0.39, 0.29) is 18.0 Å². The summed E-state index contributed by atoms with van der Waals surface area (Å²) < 4.78 is 19.4. The van der Waals surface area contributed by atoms with Crippen LogP contribution in [0.4, 0.5) is 14.9 Å². The van der Waals surface area contributed by atoms with E-state index in [9.17, 15) is 18.8 Å². The monoisotopic (exact) mass is 350 g/mol. The predicted molar refractivity (Wildman–Crippen MR) is 86.7 cm³/mol. The smallest absolute Gasteiger partial charge is 0.324 e. The molecule has 0 aromatic heterocycles. The van der Waals surface area contributed by atoms with Crippen LogP contribution in [0.15, 0.2) is 18.2 Å². The van der Waals surface area contributed by atoms with Gasteiger partial charge in [-0.1, -0.05) is 0 Å². The topological polar surface area (TPSA) is 91.0 Å². The predicted octanol–water partition coefficient (Wildman–Crippen LogP) is 0.262.